The van der Waals surface area contributed by atoms with Gasteiger partial charge in [-0.05, 0) is 97.3 Å². The summed E-state index contributed by atoms with van der Waals surface area (Å²) in [5.41, 5.74) is 3.03. The molecule has 0 aliphatic heterocycles. The van der Waals surface area contributed by atoms with Gasteiger partial charge in [0.1, 0.15) is 5.75 Å². The molecule has 30 heavy (non-hydrogen) atoms. The number of aromatic hydroxyl groups is 1. The molecule has 0 heterocycles. The minimum Gasteiger partial charge on any atom is -0.508 e. The van der Waals surface area contributed by atoms with E-state index in [1.807, 2.05) is 12.1 Å². The van der Waals surface area contributed by atoms with Gasteiger partial charge in [-0.1, -0.05) is 67.4 Å². The summed E-state index contributed by atoms with van der Waals surface area (Å²) in [6.45, 7) is 2.38. The Kier molecular flexibility index (Phi) is 7.51. The van der Waals surface area contributed by atoms with Crippen molar-refractivity contribution in [2.45, 2.75) is 102 Å². The highest BCUT2D eigenvalue weighted by Gasteiger charge is 2.56. The van der Waals surface area contributed by atoms with Crippen LogP contribution in [0.4, 0.5) is 0 Å². The molecule has 0 radical (unpaired) electrons. The summed E-state index contributed by atoms with van der Waals surface area (Å²) in [7, 11) is 0. The molecule has 2 fully saturated rings. The number of hydrogen-bond donors (Lipinski definition) is 2. The summed E-state index contributed by atoms with van der Waals surface area (Å²) in [6.07, 6.45) is 16.4. The van der Waals surface area contributed by atoms with E-state index in [0.29, 0.717) is 23.5 Å². The van der Waals surface area contributed by atoms with Crippen LogP contribution in [-0.2, 0) is 6.42 Å². The average molecular weight is 478 g/mol. The molecule has 0 bridgehead atoms. The second kappa shape index (κ2) is 9.94. The average Bonchev–Trinajstić information content (AvgIpc) is 3.04. The highest BCUT2D eigenvalue weighted by Crippen LogP contribution is 2.62. The van der Waals surface area contributed by atoms with Crippen molar-refractivity contribution < 1.29 is 10.2 Å². The van der Waals surface area contributed by atoms with E-state index in [-0.39, 0.29) is 11.5 Å². The van der Waals surface area contributed by atoms with E-state index in [1.165, 1.54) is 75.3 Å². The van der Waals surface area contributed by atoms with E-state index in [0.717, 1.165) is 30.5 Å². The predicted octanol–water partition coefficient (Wildman–Crippen LogP) is 7.35. The number of aliphatic hydroxyl groups is 1. The van der Waals surface area contributed by atoms with Crippen LogP contribution in [0.15, 0.2) is 18.2 Å². The molecule has 2 saturated carbocycles. The van der Waals surface area contributed by atoms with Crippen LogP contribution in [0.2, 0.25) is 0 Å². The third-order valence-electron chi connectivity index (χ3n) is 9.04. The van der Waals surface area contributed by atoms with Gasteiger partial charge in [-0.2, -0.15) is 0 Å². The van der Waals surface area contributed by atoms with Crippen LogP contribution in [0.5, 0.6) is 5.75 Å². The van der Waals surface area contributed by atoms with Crippen molar-refractivity contribution in [3.05, 3.63) is 29.3 Å². The molecule has 0 saturated heterocycles. The van der Waals surface area contributed by atoms with Gasteiger partial charge in [0.05, 0.1) is 6.10 Å². The smallest absolute Gasteiger partial charge is 0.115 e. The van der Waals surface area contributed by atoms with Crippen molar-refractivity contribution in [2.75, 3.05) is 5.33 Å². The number of halogens is 1. The number of aliphatic hydroxyl groups excluding tert-OH is 1. The van der Waals surface area contributed by atoms with Crippen molar-refractivity contribution in [1.82, 2.24) is 0 Å². The van der Waals surface area contributed by atoms with Crippen molar-refractivity contribution in [2.24, 2.45) is 23.2 Å². The van der Waals surface area contributed by atoms with E-state index >= 15 is 0 Å². The normalized spacial score (nSPS) is 35.0. The van der Waals surface area contributed by atoms with E-state index < -0.39 is 0 Å². The molecule has 3 heteroatoms. The van der Waals surface area contributed by atoms with Gasteiger partial charge < -0.3 is 10.2 Å². The minimum absolute atomic E-state index is 0.107. The molecule has 0 unspecified atom stereocenters. The van der Waals surface area contributed by atoms with Crippen molar-refractivity contribution in [3.8, 4) is 5.75 Å². The molecule has 168 valence electrons. The summed E-state index contributed by atoms with van der Waals surface area (Å²) in [5.74, 6) is 3.16. The third kappa shape index (κ3) is 4.49. The van der Waals surface area contributed by atoms with Gasteiger partial charge in [0.2, 0.25) is 0 Å². The van der Waals surface area contributed by atoms with Gasteiger partial charge in [0, 0.05) is 5.33 Å². The number of fused-ring (bicyclic) bond motifs is 5. The summed E-state index contributed by atoms with van der Waals surface area (Å²) in [4.78, 5) is 0. The second-order valence-electron chi connectivity index (χ2n) is 10.7. The SMILES string of the molecule is C[C@@]12CC[C@H]3c4ccc(O)cc4C[C@H](CCCCCCCCCBr)[C@@H]3[C@H]1CC[C@H]2O. The zero-order chi connectivity index (χ0) is 21.1. The van der Waals surface area contributed by atoms with E-state index in [9.17, 15) is 10.2 Å². The van der Waals surface area contributed by atoms with Crippen LogP contribution in [0.25, 0.3) is 0 Å². The molecule has 2 N–H and O–H groups in total. The molecule has 3 aliphatic rings. The summed E-state index contributed by atoms with van der Waals surface area (Å²) in [6, 6.07) is 6.14. The number of phenolic OH excluding ortho intramolecular Hbond substituents is 1. The van der Waals surface area contributed by atoms with Crippen molar-refractivity contribution in [1.29, 1.82) is 0 Å². The molecule has 1 aromatic rings. The van der Waals surface area contributed by atoms with Crippen LogP contribution in [0, 0.1) is 23.2 Å². The first-order valence-corrected chi connectivity index (χ1v) is 13.7. The molecular weight excluding hydrogens is 436 g/mol. The first-order chi connectivity index (χ1) is 14.5. The van der Waals surface area contributed by atoms with Gasteiger partial charge in [0.15, 0.2) is 0 Å². The van der Waals surface area contributed by atoms with Gasteiger partial charge in [-0.3, -0.25) is 0 Å². The first-order valence-electron chi connectivity index (χ1n) is 12.6. The number of alkyl halides is 1. The Balaban J connectivity index is 1.43. The first kappa shape index (κ1) is 22.6. The maximum absolute atomic E-state index is 10.8. The zero-order valence-electron chi connectivity index (χ0n) is 18.8. The summed E-state index contributed by atoms with van der Waals surface area (Å²) >= 11 is 3.53. The van der Waals surface area contributed by atoms with Crippen LogP contribution in [0.1, 0.15) is 101 Å². The molecule has 0 spiro atoms. The fraction of sp³-hybridized carbons (Fsp3) is 0.778. The molecule has 6 atom stereocenters. The lowest BCUT2D eigenvalue weighted by molar-refractivity contribution is -0.0396. The van der Waals surface area contributed by atoms with Gasteiger partial charge in [0.25, 0.3) is 0 Å². The standard InChI is InChI=1S/C27H41BrO2/c1-27-15-14-23-22-11-10-21(29)18-20(22)17-19(26(23)24(27)12-13-25(27)30)9-7-5-3-2-4-6-8-16-28/h10-11,18-19,23-26,29-30H,2-9,12-17H2,1H3/t19-,23-,24+,25+,26-,27+/m0/s1. The Labute approximate surface area is 192 Å². The maximum atomic E-state index is 10.8. The van der Waals surface area contributed by atoms with E-state index in [1.54, 1.807) is 0 Å². The van der Waals surface area contributed by atoms with Crippen LogP contribution in [0.3, 0.4) is 0 Å². The lowest BCUT2D eigenvalue weighted by Gasteiger charge is -2.53. The minimum atomic E-state index is -0.107. The molecular formula is C27H41BrO2. The highest BCUT2D eigenvalue weighted by molar-refractivity contribution is 9.09. The lowest BCUT2D eigenvalue weighted by atomic mass is 9.52. The quantitative estimate of drug-likeness (QED) is 0.288. The monoisotopic (exact) mass is 476 g/mol. The molecule has 1 aromatic carbocycles. The van der Waals surface area contributed by atoms with Gasteiger partial charge in [-0.25, -0.2) is 0 Å². The van der Waals surface area contributed by atoms with Crippen molar-refractivity contribution in [3.63, 3.8) is 0 Å². The number of hydrogen-bond acceptors (Lipinski definition) is 2. The Bertz CT molecular complexity index is 704. The van der Waals surface area contributed by atoms with Crippen LogP contribution < -0.4 is 0 Å². The Morgan fingerprint density at radius 1 is 1.00 bits per heavy atom. The fourth-order valence-electron chi connectivity index (χ4n) is 7.42. The molecule has 4 rings (SSSR count). The number of unbranched alkanes of at least 4 members (excludes halogenated alkanes) is 6. The Morgan fingerprint density at radius 3 is 2.50 bits per heavy atom. The van der Waals surface area contributed by atoms with Crippen LogP contribution in [-0.4, -0.2) is 21.6 Å². The number of benzene rings is 1. The summed E-state index contributed by atoms with van der Waals surface area (Å²) < 4.78 is 0. The Morgan fingerprint density at radius 2 is 1.73 bits per heavy atom. The number of rotatable bonds is 9. The van der Waals surface area contributed by atoms with Gasteiger partial charge in [-0.15, -0.1) is 0 Å². The molecule has 0 amide bonds. The van der Waals surface area contributed by atoms with Gasteiger partial charge >= 0.3 is 0 Å². The van der Waals surface area contributed by atoms with E-state index in [4.69, 9.17) is 0 Å². The molecule has 3 aliphatic carbocycles. The molecule has 2 nitrogen and oxygen atoms in total. The van der Waals surface area contributed by atoms with E-state index in [2.05, 4.69) is 28.9 Å². The largest absolute Gasteiger partial charge is 0.508 e. The third-order valence-corrected chi connectivity index (χ3v) is 9.60. The zero-order valence-corrected chi connectivity index (χ0v) is 20.4. The highest BCUT2D eigenvalue weighted by atomic mass is 79.9. The fourth-order valence-corrected chi connectivity index (χ4v) is 7.81. The molecule has 0 aromatic heterocycles. The number of phenols is 1. The van der Waals surface area contributed by atoms with Crippen molar-refractivity contribution >= 4 is 15.9 Å². The second-order valence-corrected chi connectivity index (χ2v) is 11.5. The van der Waals surface area contributed by atoms with Crippen LogP contribution >= 0.6 is 15.9 Å². The topological polar surface area (TPSA) is 40.5 Å². The maximum Gasteiger partial charge on any atom is 0.115 e. The Hall–Kier alpha value is -0.540. The predicted molar refractivity (Wildman–Crippen MR) is 128 cm³/mol. The lowest BCUT2D eigenvalue weighted by Crippen LogP contribution is -2.47. The summed E-state index contributed by atoms with van der Waals surface area (Å²) in [5, 5.41) is 22.0.